The SMILES string of the molecule is O=S(=O)(c1ccccc1)c1ccc(C(Cc2cn(Cc3ccccc3)nn2)OCc2cn(Cc3ccccc3)nn2)cc1. The lowest BCUT2D eigenvalue weighted by Gasteiger charge is -2.17. The fraction of sp³-hybridized carbons (Fsp3) is 0.152. The van der Waals surface area contributed by atoms with E-state index in [0.29, 0.717) is 25.2 Å². The van der Waals surface area contributed by atoms with Crippen LogP contribution >= 0.6 is 0 Å². The molecule has 0 saturated heterocycles. The van der Waals surface area contributed by atoms with Gasteiger partial charge in [0.2, 0.25) is 9.84 Å². The summed E-state index contributed by atoms with van der Waals surface area (Å²) in [5.74, 6) is 0. The van der Waals surface area contributed by atoms with Crippen LogP contribution in [0.25, 0.3) is 0 Å². The van der Waals surface area contributed by atoms with Crippen LogP contribution in [0.3, 0.4) is 0 Å². The Morgan fingerprint density at radius 2 is 1.09 bits per heavy atom. The Balaban J connectivity index is 1.20. The Labute approximate surface area is 250 Å². The van der Waals surface area contributed by atoms with E-state index in [1.165, 1.54) is 0 Å². The molecule has 0 fully saturated rings. The van der Waals surface area contributed by atoms with Crippen LogP contribution in [0, 0.1) is 0 Å². The molecule has 43 heavy (non-hydrogen) atoms. The van der Waals surface area contributed by atoms with Crippen LogP contribution in [0.5, 0.6) is 0 Å². The van der Waals surface area contributed by atoms with Crippen LogP contribution in [0.2, 0.25) is 0 Å². The Kier molecular flexibility index (Phi) is 8.48. The van der Waals surface area contributed by atoms with Crippen LogP contribution in [-0.2, 0) is 40.7 Å². The van der Waals surface area contributed by atoms with Crippen molar-refractivity contribution < 1.29 is 13.2 Å². The molecule has 9 nitrogen and oxygen atoms in total. The van der Waals surface area contributed by atoms with Crippen LogP contribution in [0.15, 0.2) is 137 Å². The second-order valence-electron chi connectivity index (χ2n) is 10.2. The Morgan fingerprint density at radius 1 is 0.605 bits per heavy atom. The van der Waals surface area contributed by atoms with Crippen molar-refractivity contribution in [1.29, 1.82) is 0 Å². The summed E-state index contributed by atoms with van der Waals surface area (Å²) >= 11 is 0. The van der Waals surface area contributed by atoms with Gasteiger partial charge in [-0.05, 0) is 41.0 Å². The lowest BCUT2D eigenvalue weighted by atomic mass is 10.1. The molecule has 1 unspecified atom stereocenters. The molecule has 6 rings (SSSR count). The van der Waals surface area contributed by atoms with Crippen molar-refractivity contribution in [2.24, 2.45) is 0 Å². The van der Waals surface area contributed by atoms with Crippen LogP contribution in [0.4, 0.5) is 0 Å². The van der Waals surface area contributed by atoms with E-state index in [1.54, 1.807) is 64.0 Å². The van der Waals surface area contributed by atoms with Gasteiger partial charge in [-0.15, -0.1) is 10.2 Å². The summed E-state index contributed by atoms with van der Waals surface area (Å²) in [5, 5.41) is 17.2. The number of nitrogens with zero attached hydrogens (tertiary/aromatic N) is 6. The average molecular weight is 591 g/mol. The van der Waals surface area contributed by atoms with Gasteiger partial charge in [0.1, 0.15) is 5.69 Å². The van der Waals surface area contributed by atoms with Gasteiger partial charge in [-0.2, -0.15) is 0 Å². The maximum atomic E-state index is 13.1. The number of benzene rings is 4. The zero-order chi connectivity index (χ0) is 29.5. The summed E-state index contributed by atoms with van der Waals surface area (Å²) in [5.41, 5.74) is 4.52. The van der Waals surface area contributed by atoms with Crippen molar-refractivity contribution in [3.8, 4) is 0 Å². The standard InChI is InChI=1S/C33H30N6O3S/c40-43(41,31-14-8-3-9-15-31)32-18-16-28(17-19-32)33(20-29-23-38(36-34-29)21-26-10-4-1-5-11-26)42-25-30-24-39(37-35-30)22-27-12-6-2-7-13-27/h1-19,23-24,33H,20-22,25H2. The first-order valence-corrected chi connectivity index (χ1v) is 15.4. The number of ether oxygens (including phenoxy) is 1. The molecular weight excluding hydrogens is 560 g/mol. The molecule has 10 heteroatoms. The summed E-state index contributed by atoms with van der Waals surface area (Å²) in [7, 11) is -3.63. The summed E-state index contributed by atoms with van der Waals surface area (Å²) in [6, 6.07) is 35.4. The molecule has 0 N–H and O–H groups in total. The largest absolute Gasteiger partial charge is 0.367 e. The maximum absolute atomic E-state index is 13.1. The highest BCUT2D eigenvalue weighted by Crippen LogP contribution is 2.27. The summed E-state index contributed by atoms with van der Waals surface area (Å²) < 4.78 is 36.2. The average Bonchev–Trinajstić information content (AvgIpc) is 3.69. The molecule has 6 aromatic rings. The number of aromatic nitrogens is 6. The third-order valence-corrected chi connectivity index (χ3v) is 8.78. The fourth-order valence-corrected chi connectivity index (χ4v) is 6.06. The topological polar surface area (TPSA) is 105 Å². The second-order valence-corrected chi connectivity index (χ2v) is 12.1. The van der Waals surface area contributed by atoms with E-state index >= 15 is 0 Å². The van der Waals surface area contributed by atoms with Gasteiger partial charge in [0.25, 0.3) is 0 Å². The summed E-state index contributed by atoms with van der Waals surface area (Å²) in [6.45, 7) is 1.44. The van der Waals surface area contributed by atoms with Crippen molar-refractivity contribution in [2.45, 2.75) is 42.0 Å². The van der Waals surface area contributed by atoms with Crippen molar-refractivity contribution in [1.82, 2.24) is 30.0 Å². The Morgan fingerprint density at radius 3 is 1.67 bits per heavy atom. The fourth-order valence-electron chi connectivity index (χ4n) is 4.78. The molecule has 1 atom stereocenters. The first-order chi connectivity index (χ1) is 21.0. The quantitative estimate of drug-likeness (QED) is 0.191. The first-order valence-electron chi connectivity index (χ1n) is 13.9. The molecular formula is C33H30N6O3S. The number of rotatable bonds is 12. The normalized spacial score (nSPS) is 12.3. The smallest absolute Gasteiger partial charge is 0.206 e. The van der Waals surface area contributed by atoms with E-state index in [9.17, 15) is 8.42 Å². The molecule has 0 aliphatic heterocycles. The minimum absolute atomic E-state index is 0.221. The van der Waals surface area contributed by atoms with Crippen molar-refractivity contribution in [2.75, 3.05) is 0 Å². The second kappa shape index (κ2) is 12.9. The van der Waals surface area contributed by atoms with Crippen molar-refractivity contribution in [3.63, 3.8) is 0 Å². The molecule has 0 aliphatic carbocycles. The highest BCUT2D eigenvalue weighted by Gasteiger charge is 2.20. The van der Waals surface area contributed by atoms with Gasteiger partial charge in [-0.25, -0.2) is 17.8 Å². The van der Waals surface area contributed by atoms with Crippen LogP contribution in [-0.4, -0.2) is 38.4 Å². The minimum atomic E-state index is -3.63. The van der Waals surface area contributed by atoms with Crippen molar-refractivity contribution >= 4 is 9.84 Å². The molecule has 216 valence electrons. The van der Waals surface area contributed by atoms with Crippen molar-refractivity contribution in [3.05, 3.63) is 156 Å². The highest BCUT2D eigenvalue weighted by atomic mass is 32.2. The zero-order valence-corrected chi connectivity index (χ0v) is 24.2. The highest BCUT2D eigenvalue weighted by molar-refractivity contribution is 7.91. The minimum Gasteiger partial charge on any atom is -0.367 e. The van der Waals surface area contributed by atoms with Gasteiger partial charge in [0, 0.05) is 12.6 Å². The van der Waals surface area contributed by atoms with Gasteiger partial charge in [-0.3, -0.25) is 0 Å². The van der Waals surface area contributed by atoms with Crippen LogP contribution < -0.4 is 0 Å². The Hall–Kier alpha value is -4.93. The van der Waals surface area contributed by atoms with E-state index in [0.717, 1.165) is 22.4 Å². The predicted molar refractivity (Wildman–Crippen MR) is 161 cm³/mol. The molecule has 2 aromatic heterocycles. The van der Waals surface area contributed by atoms with Gasteiger partial charge in [0.15, 0.2) is 0 Å². The molecule has 0 amide bonds. The molecule has 2 heterocycles. The van der Waals surface area contributed by atoms with Gasteiger partial charge in [-0.1, -0.05) is 101 Å². The van der Waals surface area contributed by atoms with E-state index in [2.05, 4.69) is 20.6 Å². The van der Waals surface area contributed by atoms with Gasteiger partial charge >= 0.3 is 0 Å². The molecule has 0 aliphatic rings. The maximum Gasteiger partial charge on any atom is 0.206 e. The number of hydrogen-bond donors (Lipinski definition) is 0. The number of sulfone groups is 1. The third kappa shape index (κ3) is 7.11. The van der Waals surface area contributed by atoms with E-state index in [4.69, 9.17) is 4.74 Å². The predicted octanol–water partition coefficient (Wildman–Crippen LogP) is 5.30. The lowest BCUT2D eigenvalue weighted by molar-refractivity contribution is 0.0373. The van der Waals surface area contributed by atoms with E-state index < -0.39 is 15.9 Å². The lowest BCUT2D eigenvalue weighted by Crippen LogP contribution is -2.10. The van der Waals surface area contributed by atoms with Gasteiger partial charge in [0.05, 0.1) is 47.5 Å². The van der Waals surface area contributed by atoms with E-state index in [-0.39, 0.29) is 16.4 Å². The van der Waals surface area contributed by atoms with Crippen LogP contribution in [0.1, 0.15) is 34.2 Å². The van der Waals surface area contributed by atoms with Gasteiger partial charge < -0.3 is 4.74 Å². The molecule has 0 saturated carbocycles. The molecule has 4 aromatic carbocycles. The summed E-state index contributed by atoms with van der Waals surface area (Å²) in [6.07, 6.45) is 3.80. The molecule has 0 bridgehead atoms. The Bertz CT molecular complexity index is 1860. The third-order valence-electron chi connectivity index (χ3n) is 6.99. The molecule has 0 spiro atoms. The monoisotopic (exact) mass is 590 g/mol. The molecule has 0 radical (unpaired) electrons. The van der Waals surface area contributed by atoms with E-state index in [1.807, 2.05) is 73.1 Å². The number of hydrogen-bond acceptors (Lipinski definition) is 7. The first kappa shape index (κ1) is 28.2. The zero-order valence-electron chi connectivity index (χ0n) is 23.3. The summed E-state index contributed by atoms with van der Waals surface area (Å²) in [4.78, 5) is 0.475.